The van der Waals surface area contributed by atoms with E-state index in [2.05, 4.69) is 4.98 Å². The van der Waals surface area contributed by atoms with Crippen molar-refractivity contribution in [1.82, 2.24) is 4.98 Å². The van der Waals surface area contributed by atoms with Gasteiger partial charge in [0.05, 0.1) is 21.8 Å². The number of ketones is 1. The summed E-state index contributed by atoms with van der Waals surface area (Å²) in [6, 6.07) is 17.4. The van der Waals surface area contributed by atoms with Crippen molar-refractivity contribution in [2.45, 2.75) is 19.9 Å². The molecule has 1 N–H and O–H groups in total. The van der Waals surface area contributed by atoms with Gasteiger partial charge in [0.25, 0.3) is 5.78 Å². The molecule has 3 aromatic carbocycles. The van der Waals surface area contributed by atoms with E-state index in [-0.39, 0.29) is 11.3 Å². The first-order valence-corrected chi connectivity index (χ1v) is 11.2. The minimum Gasteiger partial charge on any atom is -0.507 e. The van der Waals surface area contributed by atoms with Gasteiger partial charge in [-0.25, -0.2) is 9.37 Å². The van der Waals surface area contributed by atoms with E-state index >= 15 is 0 Å². The molecule has 2 heterocycles. The summed E-state index contributed by atoms with van der Waals surface area (Å²) < 4.78 is 14.5. The molecule has 1 aliphatic rings. The number of carbonyl (C=O) groups excluding carboxylic acids is 2. The first-order valence-electron chi connectivity index (χ1n) is 10.3. The van der Waals surface area contributed by atoms with Gasteiger partial charge in [-0.2, -0.15) is 0 Å². The van der Waals surface area contributed by atoms with Crippen LogP contribution in [0.25, 0.3) is 16.0 Å². The van der Waals surface area contributed by atoms with Crippen molar-refractivity contribution in [3.8, 4) is 0 Å². The maximum absolute atomic E-state index is 13.7. The van der Waals surface area contributed by atoms with Crippen molar-refractivity contribution in [3.05, 3.63) is 100 Å². The predicted octanol–water partition coefficient (Wildman–Crippen LogP) is 5.68. The van der Waals surface area contributed by atoms with Crippen LogP contribution in [0.2, 0.25) is 0 Å². The number of amides is 1. The highest BCUT2D eigenvalue weighted by Crippen LogP contribution is 2.44. The van der Waals surface area contributed by atoms with Crippen LogP contribution < -0.4 is 4.90 Å². The first-order chi connectivity index (χ1) is 15.8. The Morgan fingerprint density at radius 1 is 0.970 bits per heavy atom. The number of halogens is 1. The van der Waals surface area contributed by atoms with Crippen molar-refractivity contribution in [2.75, 3.05) is 4.90 Å². The highest BCUT2D eigenvalue weighted by Gasteiger charge is 2.48. The number of anilines is 1. The molecule has 0 aliphatic carbocycles. The lowest BCUT2D eigenvalue weighted by atomic mass is 9.95. The molecule has 1 aliphatic heterocycles. The second kappa shape index (κ2) is 7.94. The highest BCUT2D eigenvalue weighted by molar-refractivity contribution is 7.22. The summed E-state index contributed by atoms with van der Waals surface area (Å²) >= 11 is 1.29. The van der Waals surface area contributed by atoms with Crippen LogP contribution in [-0.2, 0) is 9.59 Å². The van der Waals surface area contributed by atoms with Crippen LogP contribution in [0.3, 0.4) is 0 Å². The van der Waals surface area contributed by atoms with E-state index in [0.29, 0.717) is 21.8 Å². The molecule has 5 nitrogen and oxygen atoms in total. The van der Waals surface area contributed by atoms with Crippen LogP contribution in [0.15, 0.2) is 72.3 Å². The molecule has 0 spiro atoms. The number of thiazole rings is 1. The van der Waals surface area contributed by atoms with E-state index < -0.39 is 23.5 Å². The van der Waals surface area contributed by atoms with Gasteiger partial charge in [0.15, 0.2) is 5.13 Å². The number of aromatic nitrogens is 1. The number of aliphatic hydroxyl groups excluding tert-OH is 1. The zero-order valence-electron chi connectivity index (χ0n) is 17.9. The Hall–Kier alpha value is -3.84. The van der Waals surface area contributed by atoms with Gasteiger partial charge in [-0.3, -0.25) is 14.5 Å². The fraction of sp³-hybridized carbons (Fsp3) is 0.115. The van der Waals surface area contributed by atoms with Crippen molar-refractivity contribution in [2.24, 2.45) is 0 Å². The molecule has 33 heavy (non-hydrogen) atoms. The second-order valence-corrected chi connectivity index (χ2v) is 9.06. The van der Waals surface area contributed by atoms with Crippen LogP contribution >= 0.6 is 11.3 Å². The predicted molar refractivity (Wildman–Crippen MR) is 127 cm³/mol. The standard InChI is InChI=1S/C26H19FN2O3S/c1-14-3-6-17(7-4-14)23(30)21-22(16-8-10-18(27)11-9-16)29(25(32)24(21)31)26-28-19-12-5-15(2)13-20(19)33-26/h3-13,22,30H,1-2H3/b23-21+. The van der Waals surface area contributed by atoms with E-state index in [0.717, 1.165) is 15.8 Å². The van der Waals surface area contributed by atoms with Gasteiger partial charge in [0.1, 0.15) is 11.6 Å². The van der Waals surface area contributed by atoms with E-state index in [9.17, 15) is 19.1 Å². The summed E-state index contributed by atoms with van der Waals surface area (Å²) in [6.45, 7) is 3.88. The Morgan fingerprint density at radius 2 is 1.64 bits per heavy atom. The molecule has 7 heteroatoms. The molecular formula is C26H19FN2O3S. The van der Waals surface area contributed by atoms with Gasteiger partial charge < -0.3 is 5.11 Å². The van der Waals surface area contributed by atoms with Gasteiger partial charge in [-0.15, -0.1) is 0 Å². The highest BCUT2D eigenvalue weighted by atomic mass is 32.1. The molecule has 1 atom stereocenters. The molecule has 1 saturated heterocycles. The lowest BCUT2D eigenvalue weighted by Crippen LogP contribution is -2.29. The van der Waals surface area contributed by atoms with Crippen molar-refractivity contribution < 1.29 is 19.1 Å². The second-order valence-electron chi connectivity index (χ2n) is 8.05. The molecule has 5 rings (SSSR count). The Bertz CT molecular complexity index is 1440. The summed E-state index contributed by atoms with van der Waals surface area (Å²) in [5.74, 6) is -2.31. The van der Waals surface area contributed by atoms with E-state index in [1.165, 1.54) is 40.5 Å². The molecule has 4 aromatic rings. The van der Waals surface area contributed by atoms with Crippen molar-refractivity contribution in [3.63, 3.8) is 0 Å². The Morgan fingerprint density at radius 3 is 2.33 bits per heavy atom. The number of rotatable bonds is 3. The third kappa shape index (κ3) is 3.60. The van der Waals surface area contributed by atoms with E-state index in [1.807, 2.05) is 44.2 Å². The molecule has 1 unspecified atom stereocenters. The summed E-state index contributed by atoms with van der Waals surface area (Å²) in [5, 5.41) is 11.5. The van der Waals surface area contributed by atoms with Crippen LogP contribution in [-0.4, -0.2) is 21.8 Å². The molecule has 0 bridgehead atoms. The number of carbonyl (C=O) groups is 2. The Kier molecular flexibility index (Phi) is 5.06. The average molecular weight is 459 g/mol. The fourth-order valence-corrected chi connectivity index (χ4v) is 5.07. The van der Waals surface area contributed by atoms with Gasteiger partial charge in [-0.05, 0) is 49.2 Å². The summed E-state index contributed by atoms with van der Waals surface area (Å²) in [4.78, 5) is 32.3. The number of fused-ring (bicyclic) bond motifs is 1. The molecule has 1 aromatic heterocycles. The van der Waals surface area contributed by atoms with Gasteiger partial charge in [0, 0.05) is 5.56 Å². The average Bonchev–Trinajstić information content (AvgIpc) is 3.32. The summed E-state index contributed by atoms with van der Waals surface area (Å²) in [7, 11) is 0. The van der Waals surface area contributed by atoms with E-state index in [1.54, 1.807) is 12.1 Å². The normalized spacial score (nSPS) is 17.8. The molecule has 1 amide bonds. The third-order valence-electron chi connectivity index (χ3n) is 5.69. The lowest BCUT2D eigenvalue weighted by Gasteiger charge is -2.23. The molecule has 1 fully saturated rings. The van der Waals surface area contributed by atoms with Gasteiger partial charge >= 0.3 is 5.91 Å². The van der Waals surface area contributed by atoms with Gasteiger partial charge in [0.2, 0.25) is 0 Å². The minimum absolute atomic E-state index is 0.0501. The maximum Gasteiger partial charge on any atom is 0.301 e. The summed E-state index contributed by atoms with van der Waals surface area (Å²) in [5.41, 5.74) is 3.62. The number of benzene rings is 3. The van der Waals surface area contributed by atoms with Crippen LogP contribution in [0.1, 0.15) is 28.3 Å². The lowest BCUT2D eigenvalue weighted by molar-refractivity contribution is -0.132. The Balaban J connectivity index is 1.73. The molecular weight excluding hydrogens is 439 g/mol. The van der Waals surface area contributed by atoms with Crippen LogP contribution in [0.5, 0.6) is 0 Å². The SMILES string of the molecule is Cc1ccc(/C(O)=C2\C(=O)C(=O)N(c3nc4ccc(C)cc4s3)C2c2ccc(F)cc2)cc1. The van der Waals surface area contributed by atoms with Crippen molar-refractivity contribution >= 4 is 44.1 Å². The minimum atomic E-state index is -0.937. The number of hydrogen-bond acceptors (Lipinski definition) is 5. The largest absolute Gasteiger partial charge is 0.507 e. The number of nitrogens with zero attached hydrogens (tertiary/aromatic N) is 2. The Labute approximate surface area is 193 Å². The van der Waals surface area contributed by atoms with Crippen molar-refractivity contribution in [1.29, 1.82) is 0 Å². The molecule has 0 radical (unpaired) electrons. The zero-order chi connectivity index (χ0) is 23.3. The maximum atomic E-state index is 13.7. The fourth-order valence-electron chi connectivity index (χ4n) is 3.98. The molecule has 0 saturated carbocycles. The number of aryl methyl sites for hydroxylation is 2. The molecule has 164 valence electrons. The number of aliphatic hydroxyl groups is 1. The first kappa shape index (κ1) is 21.0. The van der Waals surface area contributed by atoms with Gasteiger partial charge in [-0.1, -0.05) is 59.4 Å². The smallest absolute Gasteiger partial charge is 0.301 e. The topological polar surface area (TPSA) is 70.5 Å². The quantitative estimate of drug-likeness (QED) is 0.244. The number of Topliss-reactive ketones (excluding diaryl/α,β-unsaturated/α-hetero) is 1. The summed E-state index contributed by atoms with van der Waals surface area (Å²) in [6.07, 6.45) is 0. The van der Waals surface area contributed by atoms with Crippen LogP contribution in [0.4, 0.5) is 9.52 Å². The zero-order valence-corrected chi connectivity index (χ0v) is 18.7. The van der Waals surface area contributed by atoms with Crippen LogP contribution in [0, 0.1) is 19.7 Å². The number of hydrogen-bond donors (Lipinski definition) is 1. The monoisotopic (exact) mass is 458 g/mol. The third-order valence-corrected chi connectivity index (χ3v) is 6.71. The van der Waals surface area contributed by atoms with E-state index in [4.69, 9.17) is 0 Å².